The maximum atomic E-state index is 9.80. The van der Waals surface area contributed by atoms with Gasteiger partial charge >= 0.3 is 0 Å². The molecular formula is C24H39N3O2S. The van der Waals surface area contributed by atoms with Crippen molar-refractivity contribution in [3.05, 3.63) is 21.9 Å². The van der Waals surface area contributed by atoms with Crippen LogP contribution in [0.5, 0.6) is 0 Å². The standard InChI is InChI=1S/C24H39N3O2S/c1-19(2)26-12-8-20(9-13-26)27-15-14-25(17-21(27)10-16-28)18-23-6-5-22(30-23)7-11-24(3,4)29/h5-6,19-21,28-29H,8-10,12-18H2,1-4H3/t21-/m1/s1. The molecule has 0 aromatic carbocycles. The summed E-state index contributed by atoms with van der Waals surface area (Å²) in [6.07, 6.45) is 3.34. The topological polar surface area (TPSA) is 50.2 Å². The van der Waals surface area contributed by atoms with Gasteiger partial charge in [0.05, 0.1) is 4.88 Å². The fourth-order valence-electron chi connectivity index (χ4n) is 4.66. The molecule has 0 saturated carbocycles. The van der Waals surface area contributed by atoms with Gasteiger partial charge in [0, 0.05) is 55.8 Å². The van der Waals surface area contributed by atoms with Crippen molar-refractivity contribution in [1.82, 2.24) is 14.7 Å². The minimum Gasteiger partial charge on any atom is -0.396 e. The number of aliphatic hydroxyl groups is 2. The van der Waals surface area contributed by atoms with Gasteiger partial charge in [-0.1, -0.05) is 11.8 Å². The van der Waals surface area contributed by atoms with E-state index in [2.05, 4.69) is 52.5 Å². The molecule has 2 saturated heterocycles. The van der Waals surface area contributed by atoms with Crippen LogP contribution < -0.4 is 0 Å². The highest BCUT2D eigenvalue weighted by atomic mass is 32.1. The molecule has 3 rings (SSSR count). The molecule has 1 aromatic rings. The maximum absolute atomic E-state index is 9.80. The summed E-state index contributed by atoms with van der Waals surface area (Å²) in [7, 11) is 0. The first kappa shape index (κ1) is 23.7. The lowest BCUT2D eigenvalue weighted by atomic mass is 9.97. The molecule has 2 fully saturated rings. The van der Waals surface area contributed by atoms with Crippen LogP contribution in [0.3, 0.4) is 0 Å². The summed E-state index contributed by atoms with van der Waals surface area (Å²) in [5.41, 5.74) is -0.955. The quantitative estimate of drug-likeness (QED) is 0.676. The van der Waals surface area contributed by atoms with Crippen molar-refractivity contribution in [2.45, 2.75) is 77.2 Å². The van der Waals surface area contributed by atoms with E-state index in [9.17, 15) is 10.2 Å². The first-order valence-electron chi connectivity index (χ1n) is 11.4. The lowest BCUT2D eigenvalue weighted by Gasteiger charge is -2.48. The van der Waals surface area contributed by atoms with E-state index >= 15 is 0 Å². The Morgan fingerprint density at radius 2 is 1.90 bits per heavy atom. The second kappa shape index (κ2) is 10.6. The van der Waals surface area contributed by atoms with Crippen LogP contribution >= 0.6 is 11.3 Å². The summed E-state index contributed by atoms with van der Waals surface area (Å²) in [5.74, 6) is 5.98. The van der Waals surface area contributed by atoms with E-state index in [1.807, 2.05) is 0 Å². The van der Waals surface area contributed by atoms with Crippen molar-refractivity contribution in [1.29, 1.82) is 0 Å². The molecule has 0 bridgehead atoms. The summed E-state index contributed by atoms with van der Waals surface area (Å²) in [5, 5.41) is 19.5. The van der Waals surface area contributed by atoms with Crippen LogP contribution in [0.2, 0.25) is 0 Å². The molecule has 0 radical (unpaired) electrons. The molecule has 2 aliphatic rings. The normalized spacial score (nSPS) is 23.0. The number of piperazine rings is 1. The van der Waals surface area contributed by atoms with Gasteiger partial charge < -0.3 is 15.1 Å². The Morgan fingerprint density at radius 3 is 2.53 bits per heavy atom. The molecular weight excluding hydrogens is 394 g/mol. The number of thiophene rings is 1. The minimum absolute atomic E-state index is 0.259. The number of hydrogen-bond donors (Lipinski definition) is 2. The molecule has 0 amide bonds. The van der Waals surface area contributed by atoms with Crippen molar-refractivity contribution in [2.75, 3.05) is 39.3 Å². The van der Waals surface area contributed by atoms with E-state index in [1.165, 1.54) is 30.8 Å². The Bertz CT molecular complexity index is 723. The van der Waals surface area contributed by atoms with Gasteiger partial charge in [0.2, 0.25) is 0 Å². The number of likely N-dealkylation sites (tertiary alicyclic amines) is 1. The second-order valence-electron chi connectivity index (χ2n) is 9.57. The fraction of sp³-hybridized carbons (Fsp3) is 0.750. The number of hydrogen-bond acceptors (Lipinski definition) is 6. The third-order valence-corrected chi connectivity index (χ3v) is 7.29. The van der Waals surface area contributed by atoms with Crippen LogP contribution in [-0.2, 0) is 6.54 Å². The zero-order valence-electron chi connectivity index (χ0n) is 19.1. The zero-order valence-corrected chi connectivity index (χ0v) is 19.9. The first-order chi connectivity index (χ1) is 14.2. The van der Waals surface area contributed by atoms with Crippen LogP contribution in [0, 0.1) is 11.8 Å². The van der Waals surface area contributed by atoms with Gasteiger partial charge in [0.25, 0.3) is 0 Å². The summed E-state index contributed by atoms with van der Waals surface area (Å²) in [4.78, 5) is 10.1. The molecule has 30 heavy (non-hydrogen) atoms. The maximum Gasteiger partial charge on any atom is 0.120 e. The van der Waals surface area contributed by atoms with Gasteiger partial charge in [-0.3, -0.25) is 9.80 Å². The van der Waals surface area contributed by atoms with Crippen molar-refractivity contribution in [2.24, 2.45) is 0 Å². The molecule has 6 heteroatoms. The molecule has 1 atom stereocenters. The Labute approximate surface area is 186 Å². The van der Waals surface area contributed by atoms with E-state index in [0.29, 0.717) is 18.1 Å². The largest absolute Gasteiger partial charge is 0.396 e. The highest BCUT2D eigenvalue weighted by Crippen LogP contribution is 2.26. The van der Waals surface area contributed by atoms with E-state index in [1.54, 1.807) is 25.2 Å². The highest BCUT2D eigenvalue weighted by Gasteiger charge is 2.33. The van der Waals surface area contributed by atoms with Gasteiger partial charge in [0.15, 0.2) is 0 Å². The van der Waals surface area contributed by atoms with Crippen molar-refractivity contribution in [3.8, 4) is 11.8 Å². The van der Waals surface area contributed by atoms with E-state index in [0.717, 1.165) is 37.5 Å². The van der Waals surface area contributed by atoms with Crippen LogP contribution in [0.25, 0.3) is 0 Å². The number of rotatable bonds is 6. The second-order valence-corrected chi connectivity index (χ2v) is 10.7. The van der Waals surface area contributed by atoms with Gasteiger partial charge in [-0.25, -0.2) is 0 Å². The Morgan fingerprint density at radius 1 is 1.17 bits per heavy atom. The lowest BCUT2D eigenvalue weighted by molar-refractivity contribution is 0.000231. The Balaban J connectivity index is 1.56. The van der Waals surface area contributed by atoms with Crippen molar-refractivity contribution >= 4 is 11.3 Å². The molecule has 2 N–H and O–H groups in total. The summed E-state index contributed by atoms with van der Waals surface area (Å²) >= 11 is 1.72. The van der Waals surface area contributed by atoms with E-state index in [4.69, 9.17) is 0 Å². The van der Waals surface area contributed by atoms with Gasteiger partial charge in [-0.15, -0.1) is 11.3 Å². The molecule has 5 nitrogen and oxygen atoms in total. The third kappa shape index (κ3) is 6.78. The monoisotopic (exact) mass is 433 g/mol. The van der Waals surface area contributed by atoms with E-state index < -0.39 is 5.60 Å². The average Bonchev–Trinajstić information content (AvgIpc) is 3.14. The Hall–Kier alpha value is -0.940. The van der Waals surface area contributed by atoms with Gasteiger partial charge in [-0.2, -0.15) is 0 Å². The average molecular weight is 434 g/mol. The zero-order chi connectivity index (χ0) is 21.7. The van der Waals surface area contributed by atoms with Gasteiger partial charge in [0.1, 0.15) is 5.60 Å². The van der Waals surface area contributed by atoms with Crippen LogP contribution in [0.1, 0.15) is 56.7 Å². The molecule has 0 aliphatic carbocycles. The molecule has 168 valence electrons. The number of piperidine rings is 1. The summed E-state index contributed by atoms with van der Waals surface area (Å²) in [6, 6.07) is 5.95. The predicted octanol–water partition coefficient (Wildman–Crippen LogP) is 2.61. The molecule has 1 aromatic heterocycles. The van der Waals surface area contributed by atoms with Crippen LogP contribution in [0.4, 0.5) is 0 Å². The van der Waals surface area contributed by atoms with Crippen molar-refractivity contribution in [3.63, 3.8) is 0 Å². The fourth-order valence-corrected chi connectivity index (χ4v) is 5.57. The molecule has 3 heterocycles. The Kier molecular flexibility index (Phi) is 8.37. The summed E-state index contributed by atoms with van der Waals surface area (Å²) in [6.45, 7) is 14.8. The van der Waals surface area contributed by atoms with E-state index in [-0.39, 0.29) is 6.61 Å². The van der Waals surface area contributed by atoms with Crippen molar-refractivity contribution < 1.29 is 10.2 Å². The third-order valence-electron chi connectivity index (χ3n) is 6.31. The number of nitrogens with zero attached hydrogens (tertiary/aromatic N) is 3. The van der Waals surface area contributed by atoms with Crippen LogP contribution in [-0.4, -0.2) is 88.0 Å². The van der Waals surface area contributed by atoms with Gasteiger partial charge in [-0.05, 0) is 72.2 Å². The minimum atomic E-state index is -0.955. The predicted molar refractivity (Wildman–Crippen MR) is 125 cm³/mol. The first-order valence-corrected chi connectivity index (χ1v) is 12.2. The van der Waals surface area contributed by atoms with Crippen LogP contribution in [0.15, 0.2) is 12.1 Å². The highest BCUT2D eigenvalue weighted by molar-refractivity contribution is 7.12. The SMILES string of the molecule is CC(C)N1CCC(N2CCN(Cc3ccc(C#CC(C)(C)O)s3)C[C@H]2CCO)CC1. The smallest absolute Gasteiger partial charge is 0.120 e. The number of aliphatic hydroxyl groups excluding tert-OH is 1. The summed E-state index contributed by atoms with van der Waals surface area (Å²) < 4.78 is 0. The molecule has 0 unspecified atom stereocenters. The molecule has 2 aliphatic heterocycles. The molecule has 0 spiro atoms. The lowest BCUT2D eigenvalue weighted by Crippen LogP contribution is -2.58.